The number of aromatic nitrogens is 3. The van der Waals surface area contributed by atoms with Crippen LogP contribution in [0, 0.1) is 18.2 Å². The Bertz CT molecular complexity index is 1610. The smallest absolute Gasteiger partial charge is 0.300 e. The van der Waals surface area contributed by atoms with Crippen molar-refractivity contribution in [3.63, 3.8) is 0 Å². The topological polar surface area (TPSA) is 38.7 Å². The molecule has 0 spiro atoms. The first kappa shape index (κ1) is 30.2. The molecule has 6 rings (SSSR count). The number of pyridine rings is 3. The van der Waals surface area contributed by atoms with Crippen molar-refractivity contribution in [2.24, 2.45) is 0 Å². The zero-order valence-electron chi connectivity index (χ0n) is 24.3. The molecule has 0 saturated carbocycles. The number of hydrogen-bond donors (Lipinski definition) is 0. The summed E-state index contributed by atoms with van der Waals surface area (Å²) in [5, 5.41) is 0. The summed E-state index contributed by atoms with van der Waals surface area (Å²) in [7, 11) is 0. The molecule has 4 heteroatoms. The average Bonchev–Trinajstić information content (AvgIpc) is 3.06. The third-order valence-corrected chi connectivity index (χ3v) is 8.08. The first-order valence-electron chi connectivity index (χ1n) is 14.3. The second kappa shape index (κ2) is 13.4. The van der Waals surface area contributed by atoms with Crippen LogP contribution >= 0.6 is 0 Å². The van der Waals surface area contributed by atoms with E-state index in [2.05, 4.69) is 105 Å². The fraction of sp³-hybridized carbons (Fsp3) is 0.154. The predicted octanol–water partition coefficient (Wildman–Crippen LogP) is 8.03. The Morgan fingerprint density at radius 1 is 0.558 bits per heavy atom. The standard InChI is InChI=1S/C39H32N3.Ir/c1-38(35-22-9-11-25-40-35,28-30-15-5-3-6-16-30)33-20-13-19-32(27-33)34-21-14-24-37(42-34)39(2,36-23-10-12-26-41-36)29-31-17-7-4-8-18-31;/h3-15,17,19-26H,28-29H2,1-2H3;/q-3;+3. The number of rotatable bonds is 9. The molecule has 0 aliphatic carbocycles. The predicted molar refractivity (Wildman–Crippen MR) is 168 cm³/mol. The first-order valence-corrected chi connectivity index (χ1v) is 14.3. The minimum Gasteiger partial charge on any atom is -0.300 e. The first-order chi connectivity index (χ1) is 20.5. The Hall–Kier alpha value is -4.24. The van der Waals surface area contributed by atoms with E-state index in [0.717, 1.165) is 57.9 Å². The van der Waals surface area contributed by atoms with Gasteiger partial charge in [-0.25, -0.2) is 0 Å². The Morgan fingerprint density at radius 3 is 1.70 bits per heavy atom. The van der Waals surface area contributed by atoms with Crippen molar-refractivity contribution in [3.05, 3.63) is 186 Å². The summed E-state index contributed by atoms with van der Waals surface area (Å²) >= 11 is 0. The number of benzene rings is 3. The van der Waals surface area contributed by atoms with Crippen molar-refractivity contribution in [2.45, 2.75) is 37.5 Å². The second-order valence-electron chi connectivity index (χ2n) is 11.1. The number of hydrogen-bond acceptors (Lipinski definition) is 3. The van der Waals surface area contributed by atoms with Crippen LogP contribution in [0.2, 0.25) is 0 Å². The third kappa shape index (κ3) is 6.57. The molecule has 0 N–H and O–H groups in total. The molecule has 0 bridgehead atoms. The summed E-state index contributed by atoms with van der Waals surface area (Å²) in [6.45, 7) is 4.46. The van der Waals surface area contributed by atoms with Crippen molar-refractivity contribution in [1.82, 2.24) is 15.0 Å². The van der Waals surface area contributed by atoms with Crippen LogP contribution < -0.4 is 0 Å². The molecule has 0 aliphatic heterocycles. The Balaban J connectivity index is 0.00000368. The van der Waals surface area contributed by atoms with Crippen molar-refractivity contribution in [1.29, 1.82) is 0 Å². The maximum atomic E-state index is 5.26. The van der Waals surface area contributed by atoms with Gasteiger partial charge in [-0.15, -0.1) is 35.4 Å². The van der Waals surface area contributed by atoms with E-state index >= 15 is 0 Å². The molecule has 2 unspecified atom stereocenters. The van der Waals surface area contributed by atoms with E-state index in [-0.39, 0.29) is 20.1 Å². The van der Waals surface area contributed by atoms with Gasteiger partial charge in [0, 0.05) is 29.2 Å². The van der Waals surface area contributed by atoms with Gasteiger partial charge in [0.15, 0.2) is 0 Å². The van der Waals surface area contributed by atoms with Gasteiger partial charge in [-0.05, 0) is 55.8 Å². The Labute approximate surface area is 268 Å². The summed E-state index contributed by atoms with van der Waals surface area (Å²) in [6, 6.07) is 51.6. The Morgan fingerprint density at radius 2 is 1.12 bits per heavy atom. The fourth-order valence-corrected chi connectivity index (χ4v) is 5.69. The van der Waals surface area contributed by atoms with E-state index in [9.17, 15) is 0 Å². The van der Waals surface area contributed by atoms with Gasteiger partial charge in [0.25, 0.3) is 0 Å². The molecular weight excluding hydrogens is 703 g/mol. The zero-order valence-corrected chi connectivity index (χ0v) is 26.7. The molecule has 3 nitrogen and oxygen atoms in total. The van der Waals surface area contributed by atoms with Gasteiger partial charge >= 0.3 is 20.1 Å². The molecule has 0 fully saturated rings. The third-order valence-electron chi connectivity index (χ3n) is 8.08. The molecule has 3 aromatic carbocycles. The van der Waals surface area contributed by atoms with Crippen molar-refractivity contribution in [2.75, 3.05) is 0 Å². The minimum absolute atomic E-state index is 0. The second-order valence-corrected chi connectivity index (χ2v) is 11.1. The van der Waals surface area contributed by atoms with Crippen LogP contribution in [-0.4, -0.2) is 15.0 Å². The summed E-state index contributed by atoms with van der Waals surface area (Å²) in [6.07, 6.45) is 5.20. The molecule has 3 aromatic heterocycles. The molecule has 3 heterocycles. The molecule has 43 heavy (non-hydrogen) atoms. The van der Waals surface area contributed by atoms with Crippen molar-refractivity contribution >= 4 is 0 Å². The summed E-state index contributed by atoms with van der Waals surface area (Å²) < 4.78 is 0. The average molecular weight is 735 g/mol. The van der Waals surface area contributed by atoms with Gasteiger partial charge in [0.2, 0.25) is 0 Å². The molecule has 0 aliphatic rings. The minimum atomic E-state index is -0.446. The van der Waals surface area contributed by atoms with Crippen LogP contribution in [0.5, 0.6) is 0 Å². The maximum Gasteiger partial charge on any atom is 3.00 e. The van der Waals surface area contributed by atoms with E-state index in [1.807, 2.05) is 60.9 Å². The van der Waals surface area contributed by atoms with Crippen LogP contribution in [0.3, 0.4) is 0 Å². The molecular formula is C39H32IrN3. The van der Waals surface area contributed by atoms with Crippen LogP contribution in [0.15, 0.2) is 134 Å². The summed E-state index contributed by atoms with van der Waals surface area (Å²) in [4.78, 5) is 14.8. The monoisotopic (exact) mass is 735 g/mol. The van der Waals surface area contributed by atoms with Gasteiger partial charge in [0.1, 0.15) is 0 Å². The van der Waals surface area contributed by atoms with E-state index in [0.29, 0.717) is 0 Å². The van der Waals surface area contributed by atoms with Crippen molar-refractivity contribution < 1.29 is 20.1 Å². The zero-order chi connectivity index (χ0) is 28.8. The van der Waals surface area contributed by atoms with Crippen LogP contribution in [0.1, 0.15) is 47.6 Å². The van der Waals surface area contributed by atoms with E-state index in [1.165, 1.54) is 0 Å². The molecule has 0 saturated heterocycles. The largest absolute Gasteiger partial charge is 3.00 e. The van der Waals surface area contributed by atoms with Crippen molar-refractivity contribution in [3.8, 4) is 11.3 Å². The molecule has 212 valence electrons. The summed E-state index contributed by atoms with van der Waals surface area (Å²) in [5.74, 6) is 0. The molecule has 2 atom stereocenters. The van der Waals surface area contributed by atoms with Crippen LogP contribution in [-0.2, 0) is 43.8 Å². The van der Waals surface area contributed by atoms with Gasteiger partial charge in [-0.1, -0.05) is 31.2 Å². The van der Waals surface area contributed by atoms with Crippen LogP contribution in [0.25, 0.3) is 11.3 Å². The van der Waals surface area contributed by atoms with Gasteiger partial charge in [-0.2, -0.15) is 71.8 Å². The maximum absolute atomic E-state index is 5.26. The van der Waals surface area contributed by atoms with E-state index < -0.39 is 10.8 Å². The van der Waals surface area contributed by atoms with Gasteiger partial charge < -0.3 is 4.98 Å². The normalized spacial score (nSPS) is 13.7. The molecule has 0 radical (unpaired) electrons. The Kier molecular flexibility index (Phi) is 9.40. The van der Waals surface area contributed by atoms with Gasteiger partial charge in [0.05, 0.1) is 11.1 Å². The SMILES string of the molecule is CC(Cc1[c-]cccc1)(c1[c-]c(-c2cccc(C(C)(Cc3[c-]cccc3)c3ccccn3)n2)ccc1)c1ccccn1.[Ir+3]. The van der Waals surface area contributed by atoms with Crippen LogP contribution in [0.4, 0.5) is 0 Å². The fourth-order valence-electron chi connectivity index (χ4n) is 5.69. The quantitative estimate of drug-likeness (QED) is 0.141. The van der Waals surface area contributed by atoms with E-state index in [1.54, 1.807) is 0 Å². The van der Waals surface area contributed by atoms with E-state index in [4.69, 9.17) is 15.0 Å². The number of nitrogens with zero attached hydrogens (tertiary/aromatic N) is 3. The molecule has 0 amide bonds. The van der Waals surface area contributed by atoms with Gasteiger partial charge in [-0.3, -0.25) is 9.97 Å². The molecule has 6 aromatic rings. The summed E-state index contributed by atoms with van der Waals surface area (Å²) in [5.41, 5.74) is 7.23.